The Morgan fingerprint density at radius 2 is 1.24 bits per heavy atom. The van der Waals surface area contributed by atoms with Crippen LogP contribution in [0.25, 0.3) is 0 Å². The number of ketones is 2. The van der Waals surface area contributed by atoms with E-state index in [4.69, 9.17) is 45.1 Å². The molecule has 0 bridgehead atoms. The van der Waals surface area contributed by atoms with E-state index in [0.29, 0.717) is 5.76 Å². The molecule has 1 aromatic rings. The van der Waals surface area contributed by atoms with Gasteiger partial charge in [-0.05, 0) is 63.3 Å². The van der Waals surface area contributed by atoms with Gasteiger partial charge in [-0.25, -0.2) is 0 Å². The van der Waals surface area contributed by atoms with Crippen molar-refractivity contribution >= 4 is 35.8 Å². The van der Waals surface area contributed by atoms with E-state index >= 15 is 0 Å². The second-order valence-electron chi connectivity index (χ2n) is 16.5. The van der Waals surface area contributed by atoms with Gasteiger partial charge in [-0.2, -0.15) is 0 Å². The van der Waals surface area contributed by atoms with E-state index < -0.39 is 41.7 Å². The predicted molar refractivity (Wildman–Crippen MR) is 232 cm³/mol. The summed E-state index contributed by atoms with van der Waals surface area (Å²) in [6.07, 6.45) is 20.9. The van der Waals surface area contributed by atoms with Crippen LogP contribution in [-0.4, -0.2) is 118 Å². The molecule has 0 aliphatic carbocycles. The smallest absolute Gasteiger partial charge is 0.701 e. The average Bonchev–Trinajstić information content (AvgIpc) is 3.81. The summed E-state index contributed by atoms with van der Waals surface area (Å²) in [5.74, 6) is 6.55. The van der Waals surface area contributed by atoms with Gasteiger partial charge in [-0.15, -0.1) is 11.1 Å². The molecule has 11 nitrogen and oxygen atoms in total. The third-order valence-electron chi connectivity index (χ3n) is 6.80. The van der Waals surface area contributed by atoms with E-state index in [1.54, 1.807) is 48.6 Å². The van der Waals surface area contributed by atoms with Gasteiger partial charge in [-0.3, -0.25) is 9.59 Å². The molecule has 2 unspecified atom stereocenters. The molecule has 0 saturated heterocycles. The van der Waals surface area contributed by atoms with Gasteiger partial charge in [0.05, 0.1) is 45.9 Å². The standard InChI is InChI=1S/C11H18O2Si.C10H16O3Si.2C6H8O2.C5H6O2.C5H9Si.Li/c1-10-5-6-11(12,9-13-10)7-8-14(2,3)4;1-14(2,3)7-6-10(8-11)5-4-9(12)13-10;2*1-5-2-3-6(7)4-8-5;6-4-5-2-1-3-7-5;1-5-6(2,3)4;/h5-6,10,12H,9H2,1-4H3;4-5,9,11-12H,8H2,1-3H3;2*2-3,5H,4H2,1H3;1-3,6H,4H2;2-4H3;/q;;;;;-1;+1/t10-,11-;9?,10-;5-;;;;/m111..../s1. The molecular formula is C43H65LiO11Si3. The topological polar surface area (TPSA) is 165 Å². The third-order valence-corrected chi connectivity index (χ3v) is 9.30. The summed E-state index contributed by atoms with van der Waals surface area (Å²) in [6.45, 7) is 25.3. The van der Waals surface area contributed by atoms with Gasteiger partial charge in [0.1, 0.15) is 41.7 Å². The monoisotopic (exact) mass is 848 g/mol. The summed E-state index contributed by atoms with van der Waals surface area (Å²) in [7, 11) is -4.11. The van der Waals surface area contributed by atoms with Gasteiger partial charge >= 0.3 is 18.9 Å². The Morgan fingerprint density at radius 3 is 1.52 bits per heavy atom. The van der Waals surface area contributed by atoms with Crippen LogP contribution in [0.4, 0.5) is 0 Å². The van der Waals surface area contributed by atoms with E-state index in [9.17, 15) is 14.7 Å². The largest absolute Gasteiger partial charge is 1.00 e. The van der Waals surface area contributed by atoms with Gasteiger partial charge in [0.25, 0.3) is 0 Å². The van der Waals surface area contributed by atoms with Crippen molar-refractivity contribution in [1.82, 2.24) is 0 Å². The maximum Gasteiger partial charge on any atom is 1.00 e. The van der Waals surface area contributed by atoms with Crippen LogP contribution in [0.2, 0.25) is 58.9 Å². The number of carbonyl (C=O) groups excluding carboxylic acids is 2. The van der Waals surface area contributed by atoms with E-state index in [1.165, 1.54) is 12.3 Å². The van der Waals surface area contributed by atoms with Crippen molar-refractivity contribution in [3.63, 3.8) is 0 Å². The van der Waals surface area contributed by atoms with Crippen LogP contribution in [-0.2, 0) is 35.1 Å². The van der Waals surface area contributed by atoms with Crippen molar-refractivity contribution in [3.05, 3.63) is 79.2 Å². The number of furan rings is 1. The molecule has 6 atom stereocenters. The predicted octanol–water partition coefficient (Wildman–Crippen LogP) is 2.37. The number of aliphatic hydroxyl groups is 4. The number of carbonyl (C=O) groups is 2. The molecule has 0 aromatic carbocycles. The Labute approximate surface area is 362 Å². The van der Waals surface area contributed by atoms with Crippen molar-refractivity contribution in [2.45, 2.75) is 122 Å². The van der Waals surface area contributed by atoms with Gasteiger partial charge in [0.15, 0.2) is 29.1 Å². The van der Waals surface area contributed by atoms with Crippen LogP contribution in [0, 0.1) is 34.9 Å². The molecule has 4 N–H and O–H groups in total. The Kier molecular flexibility index (Phi) is 27.5. The van der Waals surface area contributed by atoms with Gasteiger partial charge in [-0.1, -0.05) is 89.0 Å². The molecule has 0 amide bonds. The second kappa shape index (κ2) is 27.9. The Hall–Kier alpha value is -2.81. The summed E-state index contributed by atoms with van der Waals surface area (Å²) < 4.78 is 25.1. The first-order valence-electron chi connectivity index (χ1n) is 18.8. The fourth-order valence-electron chi connectivity index (χ4n) is 3.58. The van der Waals surface area contributed by atoms with Crippen LogP contribution in [0.5, 0.6) is 0 Å². The van der Waals surface area contributed by atoms with Gasteiger partial charge in [0.2, 0.25) is 0 Å². The number of aliphatic hydroxyl groups excluding tert-OH is 3. The Balaban J connectivity index is 0. The normalized spacial score (nSPS) is 25.4. The molecule has 316 valence electrons. The molecular weight excluding hydrogens is 784 g/mol. The summed E-state index contributed by atoms with van der Waals surface area (Å²) in [4.78, 5) is 20.8. The van der Waals surface area contributed by atoms with Crippen molar-refractivity contribution in [1.29, 1.82) is 0 Å². The SMILES string of the molecule is CC1C=CC(=O)CO1.C[C@@H]1C=CC(=O)CO1.C[C@@H]1C=C[C@@](O)(C#C[Si](C)(C)C)CO1.C[Si](C)(C)C#C[C@@]1(CO)C=CC(O)O1.OCc1ccco1.[C-]#C[Si](C)(C)C.[Li+]. The minimum Gasteiger partial charge on any atom is -0.701 e. The van der Waals surface area contributed by atoms with Crippen LogP contribution < -0.4 is 18.9 Å². The van der Waals surface area contributed by atoms with Crippen LogP contribution in [0.3, 0.4) is 0 Å². The van der Waals surface area contributed by atoms with Crippen LogP contribution >= 0.6 is 0 Å². The minimum absolute atomic E-state index is 0. The maximum atomic E-state index is 10.4. The molecule has 1 aromatic heterocycles. The number of rotatable bonds is 2. The molecule has 5 rings (SSSR count). The molecule has 58 heavy (non-hydrogen) atoms. The summed E-state index contributed by atoms with van der Waals surface area (Å²) in [6, 6.07) is 3.46. The zero-order chi connectivity index (χ0) is 43.9. The van der Waals surface area contributed by atoms with E-state index in [1.807, 2.05) is 26.8 Å². The molecule has 0 fully saturated rings. The maximum absolute atomic E-state index is 10.4. The van der Waals surface area contributed by atoms with Crippen molar-refractivity contribution in [3.8, 4) is 28.5 Å². The minimum atomic E-state index is -1.48. The van der Waals surface area contributed by atoms with Crippen LogP contribution in [0.15, 0.2) is 71.4 Å². The zero-order valence-corrected chi connectivity index (χ0v) is 39.8. The van der Waals surface area contributed by atoms with Gasteiger partial charge < -0.3 is 55.8 Å². The molecule has 0 radical (unpaired) electrons. The third kappa shape index (κ3) is 30.3. The average molecular weight is 849 g/mol. The molecule has 4 aliphatic rings. The Morgan fingerprint density at radius 1 is 0.759 bits per heavy atom. The first-order chi connectivity index (χ1) is 26.2. The molecule has 15 heteroatoms. The molecule has 0 spiro atoms. The summed E-state index contributed by atoms with van der Waals surface area (Å²) >= 11 is 0. The van der Waals surface area contributed by atoms with E-state index in [-0.39, 0.29) is 81.8 Å². The number of ether oxygens (including phenoxy) is 4. The fraction of sp³-hybridized carbons (Fsp3) is 0.535. The number of hydrogen-bond acceptors (Lipinski definition) is 11. The first-order valence-corrected chi connectivity index (χ1v) is 29.3. The van der Waals surface area contributed by atoms with Gasteiger partial charge in [0, 0.05) is 0 Å². The molecule has 5 heterocycles. The summed E-state index contributed by atoms with van der Waals surface area (Å²) in [5, 5.41) is 36.6. The first kappa shape index (κ1) is 57.3. The fourth-order valence-corrected chi connectivity index (χ4v) is 4.76. The number of hydrogen-bond donors (Lipinski definition) is 4. The second-order valence-corrected chi connectivity index (χ2v) is 30.8. The van der Waals surface area contributed by atoms with Crippen molar-refractivity contribution in [2.24, 2.45) is 0 Å². The van der Waals surface area contributed by atoms with E-state index in [0.717, 1.165) is 0 Å². The Bertz CT molecular complexity index is 1630. The van der Waals surface area contributed by atoms with Crippen molar-refractivity contribution < 1.29 is 72.2 Å². The van der Waals surface area contributed by atoms with Crippen LogP contribution in [0.1, 0.15) is 26.5 Å². The zero-order valence-electron chi connectivity index (χ0n) is 36.8. The quantitative estimate of drug-likeness (QED) is 0.150. The molecule has 0 saturated carbocycles. The summed E-state index contributed by atoms with van der Waals surface area (Å²) in [5.41, 5.74) is 6.72. The van der Waals surface area contributed by atoms with Crippen molar-refractivity contribution in [2.75, 3.05) is 26.4 Å². The molecule has 4 aliphatic heterocycles. The van der Waals surface area contributed by atoms with E-state index in [2.05, 4.69) is 87.4 Å².